The molecule has 5 heteroatoms. The van der Waals surface area contributed by atoms with Gasteiger partial charge in [0, 0.05) is 12.0 Å². The van der Waals surface area contributed by atoms with Crippen LogP contribution >= 0.6 is 0 Å². The zero-order chi connectivity index (χ0) is 14.3. The van der Waals surface area contributed by atoms with Crippen LogP contribution in [0.4, 0.5) is 4.39 Å². The van der Waals surface area contributed by atoms with E-state index in [1.165, 1.54) is 12.1 Å². The van der Waals surface area contributed by atoms with Crippen molar-refractivity contribution in [1.82, 2.24) is 0 Å². The van der Waals surface area contributed by atoms with Gasteiger partial charge in [0.25, 0.3) is 0 Å². The Bertz CT molecular complexity index is 731. The maximum atomic E-state index is 13.2. The van der Waals surface area contributed by atoms with E-state index in [0.29, 0.717) is 5.56 Å². The fourth-order valence-electron chi connectivity index (χ4n) is 2.60. The van der Waals surface area contributed by atoms with Gasteiger partial charge in [0.05, 0.1) is 10.1 Å². The van der Waals surface area contributed by atoms with E-state index >= 15 is 0 Å². The second-order valence-corrected chi connectivity index (χ2v) is 7.09. The van der Waals surface area contributed by atoms with Crippen molar-refractivity contribution < 1.29 is 12.8 Å². The molecule has 104 valence electrons. The molecule has 0 amide bonds. The predicted molar refractivity (Wildman–Crippen MR) is 74.5 cm³/mol. The molecule has 1 aliphatic rings. The third-order valence-electron chi connectivity index (χ3n) is 3.67. The van der Waals surface area contributed by atoms with Gasteiger partial charge in [-0.05, 0) is 29.8 Å². The molecule has 3 rings (SSSR count). The number of hydrogen-bond donors (Lipinski definition) is 1. The van der Waals surface area contributed by atoms with Gasteiger partial charge in [0.1, 0.15) is 5.82 Å². The van der Waals surface area contributed by atoms with E-state index in [2.05, 4.69) is 0 Å². The van der Waals surface area contributed by atoms with Crippen LogP contribution in [0.25, 0.3) is 0 Å². The van der Waals surface area contributed by atoms with E-state index in [1.54, 1.807) is 42.5 Å². The highest BCUT2D eigenvalue weighted by molar-refractivity contribution is 7.92. The van der Waals surface area contributed by atoms with Gasteiger partial charge in [0.2, 0.25) is 0 Å². The number of halogens is 1. The zero-order valence-corrected chi connectivity index (χ0v) is 11.4. The minimum atomic E-state index is -3.47. The van der Waals surface area contributed by atoms with Crippen LogP contribution in [0.3, 0.4) is 0 Å². The van der Waals surface area contributed by atoms with Crippen LogP contribution in [-0.4, -0.2) is 19.7 Å². The second-order valence-electron chi connectivity index (χ2n) is 4.98. The van der Waals surface area contributed by atoms with Crippen LogP contribution in [0.2, 0.25) is 0 Å². The molecule has 2 aromatic rings. The van der Waals surface area contributed by atoms with Gasteiger partial charge in [-0.15, -0.1) is 0 Å². The van der Waals surface area contributed by atoms with Crippen molar-refractivity contribution in [2.24, 2.45) is 5.73 Å². The molecule has 3 atom stereocenters. The minimum absolute atomic E-state index is 0.263. The summed E-state index contributed by atoms with van der Waals surface area (Å²) in [5.74, 6) is -0.714. The van der Waals surface area contributed by atoms with Crippen molar-refractivity contribution >= 4 is 9.84 Å². The molecule has 1 aliphatic carbocycles. The molecule has 0 radical (unpaired) electrons. The fraction of sp³-hybridized carbons (Fsp3) is 0.200. The van der Waals surface area contributed by atoms with Crippen LogP contribution in [-0.2, 0) is 9.84 Å². The van der Waals surface area contributed by atoms with E-state index in [4.69, 9.17) is 5.73 Å². The normalized spacial score (nSPS) is 25.4. The Hall–Kier alpha value is -1.72. The third-order valence-corrected chi connectivity index (χ3v) is 5.92. The molecule has 0 spiro atoms. The van der Waals surface area contributed by atoms with Gasteiger partial charge in [0.15, 0.2) is 9.84 Å². The van der Waals surface area contributed by atoms with Crippen molar-refractivity contribution in [3.8, 4) is 0 Å². The lowest BCUT2D eigenvalue weighted by molar-refractivity contribution is 0.593. The van der Waals surface area contributed by atoms with E-state index < -0.39 is 21.1 Å². The summed E-state index contributed by atoms with van der Waals surface area (Å²) in [5.41, 5.74) is 6.56. The lowest BCUT2D eigenvalue weighted by atomic mass is 10.1. The molecule has 1 saturated carbocycles. The van der Waals surface area contributed by atoms with Crippen molar-refractivity contribution in [2.45, 2.75) is 22.1 Å². The summed E-state index contributed by atoms with van der Waals surface area (Å²) < 4.78 is 38.2. The largest absolute Gasteiger partial charge is 0.326 e. The predicted octanol–water partition coefficient (Wildman–Crippen LogP) is 2.09. The molecule has 0 bridgehead atoms. The third kappa shape index (κ3) is 2.13. The minimum Gasteiger partial charge on any atom is -0.326 e. The van der Waals surface area contributed by atoms with Crippen molar-refractivity contribution in [3.63, 3.8) is 0 Å². The SMILES string of the molecule is N[C@H]1[C@@H](c2cccc(F)c2)[C@@H]1S(=O)(=O)c1ccccc1. The monoisotopic (exact) mass is 291 g/mol. The smallest absolute Gasteiger partial charge is 0.183 e. The van der Waals surface area contributed by atoms with E-state index in [-0.39, 0.29) is 16.6 Å². The van der Waals surface area contributed by atoms with E-state index in [0.717, 1.165) is 0 Å². The van der Waals surface area contributed by atoms with Gasteiger partial charge in [-0.25, -0.2) is 12.8 Å². The quantitative estimate of drug-likeness (QED) is 0.942. The summed E-state index contributed by atoms with van der Waals surface area (Å²) in [6.07, 6.45) is 0. The number of hydrogen-bond acceptors (Lipinski definition) is 3. The molecule has 2 N–H and O–H groups in total. The Morgan fingerprint density at radius 2 is 1.70 bits per heavy atom. The summed E-state index contributed by atoms with van der Waals surface area (Å²) in [7, 11) is -3.47. The van der Waals surface area contributed by atoms with Crippen LogP contribution < -0.4 is 5.73 Å². The van der Waals surface area contributed by atoms with Crippen LogP contribution in [0.5, 0.6) is 0 Å². The van der Waals surface area contributed by atoms with Gasteiger partial charge in [-0.3, -0.25) is 0 Å². The summed E-state index contributed by atoms with van der Waals surface area (Å²) >= 11 is 0. The van der Waals surface area contributed by atoms with Crippen LogP contribution in [0.15, 0.2) is 59.5 Å². The van der Waals surface area contributed by atoms with Gasteiger partial charge < -0.3 is 5.73 Å². The lowest BCUT2D eigenvalue weighted by Crippen LogP contribution is -2.15. The number of benzene rings is 2. The van der Waals surface area contributed by atoms with E-state index in [1.807, 2.05) is 0 Å². The first-order chi connectivity index (χ1) is 9.51. The molecular weight excluding hydrogens is 277 g/mol. The molecule has 1 fully saturated rings. The average Bonchev–Trinajstić information content (AvgIpc) is 3.12. The standard InChI is InChI=1S/C15H14FNO2S/c16-11-6-4-5-10(9-11)13-14(17)15(13)20(18,19)12-7-2-1-3-8-12/h1-9,13-15H,17H2/t13-,14+,15+/m1/s1. The lowest BCUT2D eigenvalue weighted by Gasteiger charge is -2.03. The van der Waals surface area contributed by atoms with E-state index in [9.17, 15) is 12.8 Å². The molecular formula is C15H14FNO2S. The average molecular weight is 291 g/mol. The number of rotatable bonds is 3. The Labute approximate surface area is 117 Å². The molecule has 3 nitrogen and oxygen atoms in total. The maximum absolute atomic E-state index is 13.2. The summed E-state index contributed by atoms with van der Waals surface area (Å²) in [6.45, 7) is 0. The molecule has 2 aromatic carbocycles. The Morgan fingerprint density at radius 1 is 1.00 bits per heavy atom. The van der Waals surface area contributed by atoms with Crippen molar-refractivity contribution in [2.75, 3.05) is 0 Å². The second kappa shape index (κ2) is 4.68. The summed E-state index contributed by atoms with van der Waals surface area (Å²) in [4.78, 5) is 0.263. The van der Waals surface area contributed by atoms with Crippen LogP contribution in [0.1, 0.15) is 11.5 Å². The first-order valence-electron chi connectivity index (χ1n) is 6.32. The van der Waals surface area contributed by atoms with Gasteiger partial charge in [-0.1, -0.05) is 30.3 Å². The summed E-state index contributed by atoms with van der Waals surface area (Å²) in [6, 6.07) is 13.7. The zero-order valence-electron chi connectivity index (χ0n) is 10.6. The topological polar surface area (TPSA) is 60.2 Å². The van der Waals surface area contributed by atoms with Crippen LogP contribution in [0, 0.1) is 5.82 Å². The Balaban J connectivity index is 1.94. The summed E-state index contributed by atoms with van der Waals surface area (Å²) in [5, 5.41) is -0.674. The van der Waals surface area contributed by atoms with Crippen molar-refractivity contribution in [1.29, 1.82) is 0 Å². The maximum Gasteiger partial charge on any atom is 0.183 e. The highest BCUT2D eigenvalue weighted by atomic mass is 32.2. The molecule has 20 heavy (non-hydrogen) atoms. The molecule has 0 aromatic heterocycles. The fourth-order valence-corrected chi connectivity index (χ4v) is 4.67. The van der Waals surface area contributed by atoms with Gasteiger partial charge >= 0.3 is 0 Å². The van der Waals surface area contributed by atoms with Gasteiger partial charge in [-0.2, -0.15) is 0 Å². The number of nitrogens with two attached hydrogens (primary N) is 1. The Morgan fingerprint density at radius 3 is 2.35 bits per heavy atom. The molecule has 0 aliphatic heterocycles. The highest BCUT2D eigenvalue weighted by Gasteiger charge is 2.57. The number of sulfone groups is 1. The molecule has 0 heterocycles. The molecule has 0 saturated heterocycles. The first kappa shape index (κ1) is 13.3. The Kier molecular flexibility index (Phi) is 3.11. The highest BCUT2D eigenvalue weighted by Crippen LogP contribution is 2.47. The molecule has 0 unspecified atom stereocenters. The van der Waals surface area contributed by atoms with Crippen molar-refractivity contribution in [3.05, 3.63) is 66.0 Å². The first-order valence-corrected chi connectivity index (χ1v) is 7.86.